The molecule has 0 aliphatic carbocycles. The van der Waals surface area contributed by atoms with Crippen LogP contribution in [0.3, 0.4) is 0 Å². The van der Waals surface area contributed by atoms with Gasteiger partial charge in [-0.3, -0.25) is 0 Å². The zero-order valence-electron chi connectivity index (χ0n) is 7.34. The van der Waals surface area contributed by atoms with Crippen LogP contribution < -0.4 is 5.73 Å². The molecule has 0 atom stereocenters. The van der Waals surface area contributed by atoms with Crippen molar-refractivity contribution in [1.82, 2.24) is 9.97 Å². The zero-order valence-corrected chi connectivity index (χ0v) is 7.34. The highest BCUT2D eigenvalue weighted by Crippen LogP contribution is 1.99. The molecule has 0 saturated carbocycles. The molecule has 1 heterocycles. The average Bonchev–Trinajstić information content (AvgIpc) is 2.53. The van der Waals surface area contributed by atoms with Crippen LogP contribution >= 0.6 is 0 Å². The van der Waals surface area contributed by atoms with Gasteiger partial charge in [0.1, 0.15) is 5.82 Å². The number of hydrogen-bond donors (Lipinski definition) is 2. The standard InChI is InChI=1S/C8H15N3O/c1-12-4-2-3-8-10-6-7(5-9)11-8/h6H,2-5,9H2,1H3,(H,10,11). The van der Waals surface area contributed by atoms with E-state index in [9.17, 15) is 0 Å². The summed E-state index contributed by atoms with van der Waals surface area (Å²) >= 11 is 0. The first kappa shape index (κ1) is 9.22. The fourth-order valence-corrected chi connectivity index (χ4v) is 1.02. The lowest BCUT2D eigenvalue weighted by Gasteiger charge is -1.95. The van der Waals surface area contributed by atoms with E-state index < -0.39 is 0 Å². The Morgan fingerprint density at radius 3 is 3.08 bits per heavy atom. The fourth-order valence-electron chi connectivity index (χ4n) is 1.02. The Morgan fingerprint density at radius 1 is 1.67 bits per heavy atom. The first-order valence-electron chi connectivity index (χ1n) is 4.08. The molecule has 0 saturated heterocycles. The van der Waals surface area contributed by atoms with Crippen LogP contribution in [0.25, 0.3) is 0 Å². The third kappa shape index (κ3) is 2.64. The van der Waals surface area contributed by atoms with E-state index in [1.807, 2.05) is 0 Å². The lowest BCUT2D eigenvalue weighted by molar-refractivity contribution is 0.194. The third-order valence-electron chi connectivity index (χ3n) is 1.66. The van der Waals surface area contributed by atoms with Crippen LogP contribution in [0.1, 0.15) is 17.9 Å². The normalized spacial score (nSPS) is 10.5. The summed E-state index contributed by atoms with van der Waals surface area (Å²) in [4.78, 5) is 7.30. The minimum absolute atomic E-state index is 0.525. The number of methoxy groups -OCH3 is 1. The highest BCUT2D eigenvalue weighted by atomic mass is 16.5. The van der Waals surface area contributed by atoms with Crippen LogP contribution in [0.2, 0.25) is 0 Å². The molecule has 1 rings (SSSR count). The number of aryl methyl sites for hydroxylation is 1. The third-order valence-corrected chi connectivity index (χ3v) is 1.66. The lowest BCUT2D eigenvalue weighted by Crippen LogP contribution is -1.97. The Hall–Kier alpha value is -0.870. The number of hydrogen-bond acceptors (Lipinski definition) is 3. The van der Waals surface area contributed by atoms with Crippen molar-refractivity contribution >= 4 is 0 Å². The van der Waals surface area contributed by atoms with Crippen molar-refractivity contribution in [2.24, 2.45) is 5.73 Å². The van der Waals surface area contributed by atoms with Crippen LogP contribution in [-0.2, 0) is 17.7 Å². The Kier molecular flexibility index (Phi) is 3.76. The summed E-state index contributed by atoms with van der Waals surface area (Å²) in [6.45, 7) is 1.30. The summed E-state index contributed by atoms with van der Waals surface area (Å²) in [7, 11) is 1.70. The first-order chi connectivity index (χ1) is 5.86. The van der Waals surface area contributed by atoms with Crippen LogP contribution in [-0.4, -0.2) is 23.7 Å². The van der Waals surface area contributed by atoms with E-state index in [1.54, 1.807) is 13.3 Å². The van der Waals surface area contributed by atoms with E-state index in [-0.39, 0.29) is 0 Å². The minimum Gasteiger partial charge on any atom is -0.385 e. The summed E-state index contributed by atoms with van der Waals surface area (Å²) in [5.74, 6) is 0.993. The molecule has 0 radical (unpaired) electrons. The second-order valence-corrected chi connectivity index (χ2v) is 2.66. The molecule has 0 fully saturated rings. The molecule has 4 heteroatoms. The van der Waals surface area contributed by atoms with E-state index in [2.05, 4.69) is 9.97 Å². The van der Waals surface area contributed by atoms with E-state index in [0.717, 1.165) is 31.0 Å². The maximum Gasteiger partial charge on any atom is 0.106 e. The topological polar surface area (TPSA) is 63.9 Å². The number of ether oxygens (including phenoxy) is 1. The van der Waals surface area contributed by atoms with E-state index in [0.29, 0.717) is 6.54 Å². The number of nitrogens with zero attached hydrogens (tertiary/aromatic N) is 1. The SMILES string of the molecule is COCCCc1ncc(CN)[nH]1. The zero-order chi connectivity index (χ0) is 8.81. The number of rotatable bonds is 5. The van der Waals surface area contributed by atoms with Crippen molar-refractivity contribution in [2.45, 2.75) is 19.4 Å². The maximum atomic E-state index is 5.42. The van der Waals surface area contributed by atoms with Crippen molar-refractivity contribution < 1.29 is 4.74 Å². The van der Waals surface area contributed by atoms with Gasteiger partial charge in [0, 0.05) is 38.6 Å². The van der Waals surface area contributed by atoms with E-state index >= 15 is 0 Å². The molecule has 3 N–H and O–H groups in total. The van der Waals surface area contributed by atoms with Crippen molar-refractivity contribution in [2.75, 3.05) is 13.7 Å². The Labute approximate surface area is 72.1 Å². The molecule has 0 spiro atoms. The molecule has 68 valence electrons. The molecule has 1 aromatic heterocycles. The van der Waals surface area contributed by atoms with Crippen LogP contribution in [0, 0.1) is 0 Å². The van der Waals surface area contributed by atoms with Crippen molar-refractivity contribution in [3.63, 3.8) is 0 Å². The largest absolute Gasteiger partial charge is 0.385 e. The number of nitrogens with one attached hydrogen (secondary N) is 1. The Morgan fingerprint density at radius 2 is 2.50 bits per heavy atom. The molecule has 1 aromatic rings. The van der Waals surface area contributed by atoms with E-state index in [1.165, 1.54) is 0 Å². The number of H-pyrrole nitrogens is 1. The molecule has 0 aromatic carbocycles. The Balaban J connectivity index is 2.31. The highest BCUT2D eigenvalue weighted by Gasteiger charge is 1.97. The van der Waals surface area contributed by atoms with Crippen molar-refractivity contribution in [1.29, 1.82) is 0 Å². The van der Waals surface area contributed by atoms with Crippen molar-refractivity contribution in [3.05, 3.63) is 17.7 Å². The quantitative estimate of drug-likeness (QED) is 0.629. The smallest absolute Gasteiger partial charge is 0.106 e. The van der Waals surface area contributed by atoms with Gasteiger partial charge in [0.2, 0.25) is 0 Å². The van der Waals surface area contributed by atoms with E-state index in [4.69, 9.17) is 10.5 Å². The Bertz CT molecular complexity index is 222. The molecule has 0 bridgehead atoms. The molecule has 4 nitrogen and oxygen atoms in total. The molecule has 0 aliphatic rings. The van der Waals surface area contributed by atoms with Crippen LogP contribution in [0.5, 0.6) is 0 Å². The van der Waals surface area contributed by atoms with Gasteiger partial charge in [0.05, 0.1) is 0 Å². The monoisotopic (exact) mass is 169 g/mol. The molecule has 0 amide bonds. The van der Waals surface area contributed by atoms with Gasteiger partial charge in [0.25, 0.3) is 0 Å². The van der Waals surface area contributed by atoms with Gasteiger partial charge in [-0.15, -0.1) is 0 Å². The highest BCUT2D eigenvalue weighted by molar-refractivity contribution is 5.00. The maximum absolute atomic E-state index is 5.42. The fraction of sp³-hybridized carbons (Fsp3) is 0.625. The van der Waals surface area contributed by atoms with Gasteiger partial charge in [-0.05, 0) is 6.42 Å². The van der Waals surface area contributed by atoms with Gasteiger partial charge in [-0.1, -0.05) is 0 Å². The minimum atomic E-state index is 0.525. The molecular weight excluding hydrogens is 154 g/mol. The summed E-state index contributed by atoms with van der Waals surface area (Å²) in [6.07, 6.45) is 3.70. The van der Waals surface area contributed by atoms with Gasteiger partial charge in [-0.25, -0.2) is 4.98 Å². The summed E-state index contributed by atoms with van der Waals surface area (Å²) < 4.78 is 4.93. The number of nitrogens with two attached hydrogens (primary N) is 1. The predicted molar refractivity (Wildman–Crippen MR) is 46.7 cm³/mol. The summed E-state index contributed by atoms with van der Waals surface area (Å²) in [5.41, 5.74) is 6.41. The number of aromatic nitrogens is 2. The number of aromatic amines is 1. The summed E-state index contributed by atoms with van der Waals surface area (Å²) in [6, 6.07) is 0. The van der Waals surface area contributed by atoms with Gasteiger partial charge in [-0.2, -0.15) is 0 Å². The van der Waals surface area contributed by atoms with Gasteiger partial charge >= 0.3 is 0 Å². The molecule has 12 heavy (non-hydrogen) atoms. The first-order valence-corrected chi connectivity index (χ1v) is 4.08. The molecule has 0 aliphatic heterocycles. The molecular formula is C8H15N3O. The van der Waals surface area contributed by atoms with Crippen LogP contribution in [0.15, 0.2) is 6.20 Å². The number of imidazole rings is 1. The second kappa shape index (κ2) is 4.90. The lowest BCUT2D eigenvalue weighted by atomic mass is 10.3. The van der Waals surface area contributed by atoms with Crippen LogP contribution in [0.4, 0.5) is 0 Å². The predicted octanol–water partition coefficient (Wildman–Crippen LogP) is 0.447. The van der Waals surface area contributed by atoms with Gasteiger partial charge in [0.15, 0.2) is 0 Å². The van der Waals surface area contributed by atoms with Crippen molar-refractivity contribution in [3.8, 4) is 0 Å². The average molecular weight is 169 g/mol. The van der Waals surface area contributed by atoms with Gasteiger partial charge < -0.3 is 15.5 Å². The second-order valence-electron chi connectivity index (χ2n) is 2.66. The summed E-state index contributed by atoms with van der Waals surface area (Å²) in [5, 5.41) is 0. The molecule has 0 unspecified atom stereocenters.